The molecule has 0 atom stereocenters. The van der Waals surface area contributed by atoms with Crippen molar-refractivity contribution in [2.24, 2.45) is 12.5 Å². The quantitative estimate of drug-likeness (QED) is 0.780. The van der Waals surface area contributed by atoms with Gasteiger partial charge >= 0.3 is 0 Å². The summed E-state index contributed by atoms with van der Waals surface area (Å²) in [6.45, 7) is 5.80. The topological polar surface area (TPSA) is 34.9 Å². The smallest absolute Gasteiger partial charge is 0.125 e. The van der Waals surface area contributed by atoms with Crippen molar-refractivity contribution in [3.05, 3.63) is 15.9 Å². The number of aromatic nitrogens is 2. The third kappa shape index (κ3) is 2.23. The number of aryl methyl sites for hydroxylation is 2. The molecule has 0 aliphatic heterocycles. The molecule has 78 valence electrons. The highest BCUT2D eigenvalue weighted by atomic mass is 79.9. The highest BCUT2D eigenvalue weighted by molar-refractivity contribution is 9.10. The molecule has 4 heteroatoms. The van der Waals surface area contributed by atoms with Crippen molar-refractivity contribution in [3.63, 3.8) is 0 Å². The minimum absolute atomic E-state index is 0.331. The van der Waals surface area contributed by atoms with Crippen LogP contribution < -0.4 is 0 Å². The number of aldehydes is 1. The van der Waals surface area contributed by atoms with Crippen LogP contribution in [-0.2, 0) is 18.3 Å². The second-order valence-electron chi connectivity index (χ2n) is 4.25. The summed E-state index contributed by atoms with van der Waals surface area (Å²) >= 11 is 3.48. The Balaban J connectivity index is 3.02. The van der Waals surface area contributed by atoms with E-state index in [-0.39, 0.29) is 5.41 Å². The molecule has 0 aromatic carbocycles. The van der Waals surface area contributed by atoms with E-state index in [1.54, 1.807) is 0 Å². The summed E-state index contributed by atoms with van der Waals surface area (Å²) in [6, 6.07) is 0. The molecule has 0 bridgehead atoms. The van der Waals surface area contributed by atoms with Crippen LogP contribution in [0.4, 0.5) is 0 Å². The van der Waals surface area contributed by atoms with Crippen LogP contribution in [0.25, 0.3) is 0 Å². The number of rotatable bonds is 3. The Kier molecular flexibility index (Phi) is 3.14. The maximum absolute atomic E-state index is 10.8. The lowest BCUT2D eigenvalue weighted by Crippen LogP contribution is -2.18. The minimum Gasteiger partial charge on any atom is -0.303 e. The maximum atomic E-state index is 10.8. The Morgan fingerprint density at radius 3 is 2.50 bits per heavy atom. The van der Waals surface area contributed by atoms with Crippen molar-refractivity contribution in [3.8, 4) is 0 Å². The third-order valence-electron chi connectivity index (χ3n) is 2.20. The molecular weight excluding hydrogens is 244 g/mol. The summed E-state index contributed by atoms with van der Waals surface area (Å²) in [6.07, 6.45) is 1.69. The molecule has 0 aliphatic rings. The highest BCUT2D eigenvalue weighted by Crippen LogP contribution is 2.26. The van der Waals surface area contributed by atoms with Crippen LogP contribution in [0.2, 0.25) is 0 Å². The van der Waals surface area contributed by atoms with Gasteiger partial charge in [0.05, 0.1) is 15.9 Å². The molecule has 0 saturated carbocycles. The van der Waals surface area contributed by atoms with Gasteiger partial charge in [-0.05, 0) is 22.9 Å². The molecule has 1 aromatic rings. The Bertz CT molecular complexity index is 355. The van der Waals surface area contributed by atoms with E-state index < -0.39 is 0 Å². The summed E-state index contributed by atoms with van der Waals surface area (Å²) in [5.41, 5.74) is 1.70. The van der Waals surface area contributed by atoms with Crippen molar-refractivity contribution >= 4 is 22.2 Å². The van der Waals surface area contributed by atoms with Gasteiger partial charge in [0.1, 0.15) is 6.29 Å². The van der Waals surface area contributed by atoms with E-state index in [0.717, 1.165) is 22.1 Å². The van der Waals surface area contributed by atoms with Gasteiger partial charge in [0.2, 0.25) is 0 Å². The first-order chi connectivity index (χ1) is 6.37. The third-order valence-corrected chi connectivity index (χ3v) is 3.24. The summed E-state index contributed by atoms with van der Waals surface area (Å²) in [4.78, 5) is 10.8. The highest BCUT2D eigenvalue weighted by Gasteiger charge is 2.22. The summed E-state index contributed by atoms with van der Waals surface area (Å²) in [7, 11) is 1.90. The first-order valence-corrected chi connectivity index (χ1v) is 5.31. The predicted molar refractivity (Wildman–Crippen MR) is 59.2 cm³/mol. The first-order valence-electron chi connectivity index (χ1n) is 4.51. The van der Waals surface area contributed by atoms with Gasteiger partial charge in [-0.2, -0.15) is 5.10 Å². The van der Waals surface area contributed by atoms with Crippen LogP contribution >= 0.6 is 15.9 Å². The minimum atomic E-state index is -0.331. The number of carbonyl (C=O) groups excluding carboxylic acids is 1. The number of nitrogens with zero attached hydrogens (tertiary/aromatic N) is 2. The van der Waals surface area contributed by atoms with E-state index in [1.807, 2.05) is 32.5 Å². The van der Waals surface area contributed by atoms with E-state index >= 15 is 0 Å². The van der Waals surface area contributed by atoms with Gasteiger partial charge in [-0.1, -0.05) is 13.8 Å². The van der Waals surface area contributed by atoms with E-state index in [9.17, 15) is 4.79 Å². The van der Waals surface area contributed by atoms with Crippen molar-refractivity contribution in [1.29, 1.82) is 0 Å². The standard InChI is InChI=1S/C10H15BrN2O/c1-7-9(11)8(13(4)12-7)5-10(2,3)6-14/h6H,5H2,1-4H3. The lowest BCUT2D eigenvalue weighted by molar-refractivity contribution is -0.114. The fourth-order valence-corrected chi connectivity index (χ4v) is 1.82. The molecule has 0 aliphatic carbocycles. The van der Waals surface area contributed by atoms with Gasteiger partial charge in [-0.3, -0.25) is 4.68 Å². The van der Waals surface area contributed by atoms with Gasteiger partial charge in [-0.15, -0.1) is 0 Å². The molecule has 1 aromatic heterocycles. The largest absolute Gasteiger partial charge is 0.303 e. The molecule has 3 nitrogen and oxygen atoms in total. The number of hydrogen-bond donors (Lipinski definition) is 0. The van der Waals surface area contributed by atoms with Gasteiger partial charge in [0.25, 0.3) is 0 Å². The van der Waals surface area contributed by atoms with E-state index in [4.69, 9.17) is 0 Å². The monoisotopic (exact) mass is 258 g/mol. The Morgan fingerprint density at radius 1 is 1.57 bits per heavy atom. The molecule has 14 heavy (non-hydrogen) atoms. The molecule has 1 heterocycles. The normalized spacial score (nSPS) is 11.8. The zero-order valence-corrected chi connectivity index (χ0v) is 10.6. The molecule has 0 amide bonds. The Hall–Kier alpha value is -0.640. The van der Waals surface area contributed by atoms with Crippen molar-refractivity contribution in [2.75, 3.05) is 0 Å². The van der Waals surface area contributed by atoms with Gasteiger partial charge in [-0.25, -0.2) is 0 Å². The summed E-state index contributed by atoms with van der Waals surface area (Å²) < 4.78 is 2.83. The molecule has 0 radical (unpaired) electrons. The van der Waals surface area contributed by atoms with Gasteiger partial charge in [0, 0.05) is 18.9 Å². The van der Waals surface area contributed by atoms with Crippen LogP contribution in [0, 0.1) is 12.3 Å². The predicted octanol–water partition coefficient (Wildman–Crippen LogP) is 2.26. The molecule has 0 fully saturated rings. The van der Waals surface area contributed by atoms with E-state index in [0.29, 0.717) is 6.42 Å². The fourth-order valence-electron chi connectivity index (χ4n) is 1.35. The first kappa shape index (κ1) is 11.4. The van der Waals surface area contributed by atoms with Crippen molar-refractivity contribution in [2.45, 2.75) is 27.2 Å². The maximum Gasteiger partial charge on any atom is 0.125 e. The average Bonchev–Trinajstić information content (AvgIpc) is 2.32. The Morgan fingerprint density at radius 2 is 2.14 bits per heavy atom. The van der Waals surface area contributed by atoms with Crippen LogP contribution in [0.3, 0.4) is 0 Å². The van der Waals surface area contributed by atoms with Crippen LogP contribution in [0.5, 0.6) is 0 Å². The summed E-state index contributed by atoms with van der Waals surface area (Å²) in [5.74, 6) is 0. The second-order valence-corrected chi connectivity index (χ2v) is 5.05. The van der Waals surface area contributed by atoms with Gasteiger partial charge in [0.15, 0.2) is 0 Å². The molecule has 0 spiro atoms. The van der Waals surface area contributed by atoms with Crippen LogP contribution in [0.1, 0.15) is 25.2 Å². The van der Waals surface area contributed by atoms with E-state index in [1.165, 1.54) is 0 Å². The lowest BCUT2D eigenvalue weighted by Gasteiger charge is -2.16. The molecule has 0 saturated heterocycles. The number of carbonyl (C=O) groups is 1. The number of hydrogen-bond acceptors (Lipinski definition) is 2. The molecule has 0 N–H and O–H groups in total. The summed E-state index contributed by atoms with van der Waals surface area (Å²) in [5, 5.41) is 4.28. The van der Waals surface area contributed by atoms with Gasteiger partial charge < -0.3 is 4.79 Å². The lowest BCUT2D eigenvalue weighted by atomic mass is 9.90. The molecule has 0 unspecified atom stereocenters. The molecule has 1 rings (SSSR count). The van der Waals surface area contributed by atoms with Crippen LogP contribution in [-0.4, -0.2) is 16.1 Å². The van der Waals surface area contributed by atoms with Crippen LogP contribution in [0.15, 0.2) is 4.47 Å². The fraction of sp³-hybridized carbons (Fsp3) is 0.600. The van der Waals surface area contributed by atoms with E-state index in [2.05, 4.69) is 21.0 Å². The Labute approximate surface area is 92.6 Å². The zero-order valence-electron chi connectivity index (χ0n) is 8.97. The van der Waals surface area contributed by atoms with Crippen molar-refractivity contribution in [1.82, 2.24) is 9.78 Å². The van der Waals surface area contributed by atoms with Crippen molar-refractivity contribution < 1.29 is 4.79 Å². The second kappa shape index (κ2) is 3.85. The SMILES string of the molecule is Cc1nn(C)c(CC(C)(C)C=O)c1Br. The zero-order chi connectivity index (χ0) is 10.9. The molecular formula is C10H15BrN2O. The number of halogens is 1. The average molecular weight is 259 g/mol.